The van der Waals surface area contributed by atoms with Gasteiger partial charge in [-0.15, -0.1) is 11.3 Å². The van der Waals surface area contributed by atoms with Crippen LogP contribution in [-0.4, -0.2) is 34.2 Å². The van der Waals surface area contributed by atoms with E-state index >= 15 is 0 Å². The molecule has 2 heterocycles. The van der Waals surface area contributed by atoms with Gasteiger partial charge in [0.2, 0.25) is 5.91 Å². The lowest BCUT2D eigenvalue weighted by molar-refractivity contribution is -0.113. The zero-order chi connectivity index (χ0) is 17.5. The van der Waals surface area contributed by atoms with Crippen LogP contribution in [0.15, 0.2) is 23.6 Å². The van der Waals surface area contributed by atoms with Crippen LogP contribution in [0, 0.1) is 6.92 Å². The number of carbonyl (C=O) groups is 2. The van der Waals surface area contributed by atoms with Gasteiger partial charge in [0.15, 0.2) is 5.16 Å². The minimum absolute atomic E-state index is 0.171. The van der Waals surface area contributed by atoms with Gasteiger partial charge in [-0.1, -0.05) is 18.7 Å². The lowest BCUT2D eigenvalue weighted by atomic mass is 10.1. The van der Waals surface area contributed by atoms with Crippen LogP contribution in [0.4, 0.5) is 5.00 Å². The van der Waals surface area contributed by atoms with E-state index in [-0.39, 0.29) is 11.7 Å². The molecule has 2 rings (SSSR count). The molecule has 0 unspecified atom stereocenters. The molecule has 0 radical (unpaired) electrons. The Balaban J connectivity index is 2.10. The highest BCUT2D eigenvalue weighted by molar-refractivity contribution is 7.99. The Bertz CT molecular complexity index is 717. The highest BCUT2D eigenvalue weighted by Crippen LogP contribution is 2.34. The van der Waals surface area contributed by atoms with E-state index in [9.17, 15) is 9.59 Å². The Hall–Kier alpha value is -1.93. The standard InChI is InChI=1S/C16H19N3O3S2/c1-4-11-10(3)24-14(13(11)15(21)22-5-2)19-12(20)9-23-16-17-7-6-8-18-16/h6-8H,4-5,9H2,1-3H3,(H,19,20). The van der Waals surface area contributed by atoms with Crippen molar-refractivity contribution < 1.29 is 14.3 Å². The van der Waals surface area contributed by atoms with Crippen molar-refractivity contribution in [2.75, 3.05) is 17.7 Å². The van der Waals surface area contributed by atoms with Crippen molar-refractivity contribution in [1.82, 2.24) is 9.97 Å². The number of nitrogens with zero attached hydrogens (tertiary/aromatic N) is 2. The van der Waals surface area contributed by atoms with E-state index in [1.54, 1.807) is 25.4 Å². The predicted molar refractivity (Wildman–Crippen MR) is 95.8 cm³/mol. The fraction of sp³-hybridized carbons (Fsp3) is 0.375. The van der Waals surface area contributed by atoms with E-state index < -0.39 is 5.97 Å². The van der Waals surface area contributed by atoms with Crippen LogP contribution < -0.4 is 5.32 Å². The van der Waals surface area contributed by atoms with Gasteiger partial charge in [-0.2, -0.15) is 0 Å². The molecule has 0 aromatic carbocycles. The molecule has 0 spiro atoms. The minimum Gasteiger partial charge on any atom is -0.462 e. The molecule has 0 aliphatic heterocycles. The monoisotopic (exact) mass is 365 g/mol. The van der Waals surface area contributed by atoms with Crippen molar-refractivity contribution in [3.8, 4) is 0 Å². The number of nitrogens with one attached hydrogen (secondary N) is 1. The quantitative estimate of drug-likeness (QED) is 0.460. The molecular weight excluding hydrogens is 346 g/mol. The van der Waals surface area contributed by atoms with Gasteiger partial charge in [0.25, 0.3) is 0 Å². The van der Waals surface area contributed by atoms with Gasteiger partial charge in [0.1, 0.15) is 5.00 Å². The van der Waals surface area contributed by atoms with Crippen molar-refractivity contribution in [3.05, 3.63) is 34.5 Å². The first-order chi connectivity index (χ1) is 11.6. The predicted octanol–water partition coefficient (Wildman–Crippen LogP) is 3.32. The van der Waals surface area contributed by atoms with E-state index in [1.165, 1.54) is 23.1 Å². The lowest BCUT2D eigenvalue weighted by Crippen LogP contribution is -2.17. The second-order valence-corrected chi connectivity index (χ2v) is 6.95. The number of esters is 1. The number of thioether (sulfide) groups is 1. The molecule has 0 saturated heterocycles. The summed E-state index contributed by atoms with van der Waals surface area (Å²) in [5.41, 5.74) is 1.39. The second kappa shape index (κ2) is 8.79. The van der Waals surface area contributed by atoms with Crippen molar-refractivity contribution >= 4 is 40.0 Å². The largest absolute Gasteiger partial charge is 0.462 e. The maximum atomic E-state index is 12.2. The highest BCUT2D eigenvalue weighted by Gasteiger charge is 2.23. The van der Waals surface area contributed by atoms with Crippen LogP contribution in [-0.2, 0) is 16.0 Å². The van der Waals surface area contributed by atoms with Crippen LogP contribution in [0.1, 0.15) is 34.6 Å². The molecule has 0 aliphatic carbocycles. The number of thiophene rings is 1. The molecule has 2 aromatic rings. The summed E-state index contributed by atoms with van der Waals surface area (Å²) in [5, 5.41) is 3.90. The molecule has 0 atom stereocenters. The molecule has 8 heteroatoms. The SMILES string of the molecule is CCOC(=O)c1c(NC(=O)CSc2ncccn2)sc(C)c1CC. The van der Waals surface area contributed by atoms with Gasteiger partial charge in [-0.25, -0.2) is 14.8 Å². The van der Waals surface area contributed by atoms with Gasteiger partial charge in [-0.3, -0.25) is 4.79 Å². The number of amides is 1. The third-order valence-electron chi connectivity index (χ3n) is 3.17. The molecule has 1 N–H and O–H groups in total. The van der Waals surface area contributed by atoms with Crippen molar-refractivity contribution in [2.45, 2.75) is 32.3 Å². The summed E-state index contributed by atoms with van der Waals surface area (Å²) in [7, 11) is 0. The first-order valence-corrected chi connectivity index (χ1v) is 9.36. The number of aromatic nitrogens is 2. The fourth-order valence-electron chi connectivity index (χ4n) is 2.16. The zero-order valence-electron chi connectivity index (χ0n) is 13.8. The molecular formula is C16H19N3O3S2. The molecule has 0 saturated carbocycles. The highest BCUT2D eigenvalue weighted by atomic mass is 32.2. The Morgan fingerprint density at radius 1 is 1.29 bits per heavy atom. The third-order valence-corrected chi connectivity index (χ3v) is 5.11. The summed E-state index contributed by atoms with van der Waals surface area (Å²) in [4.78, 5) is 33.6. The average molecular weight is 365 g/mol. The van der Waals surface area contributed by atoms with Gasteiger partial charge < -0.3 is 10.1 Å². The summed E-state index contributed by atoms with van der Waals surface area (Å²) < 4.78 is 5.13. The fourth-order valence-corrected chi connectivity index (χ4v) is 3.92. The summed E-state index contributed by atoms with van der Waals surface area (Å²) >= 11 is 2.64. The van der Waals surface area contributed by atoms with Gasteiger partial charge >= 0.3 is 5.97 Å². The van der Waals surface area contributed by atoms with E-state index in [0.29, 0.717) is 28.7 Å². The number of anilines is 1. The molecule has 1 amide bonds. The molecule has 6 nitrogen and oxygen atoms in total. The molecule has 0 aliphatic rings. The van der Waals surface area contributed by atoms with Crippen molar-refractivity contribution in [1.29, 1.82) is 0 Å². The topological polar surface area (TPSA) is 81.2 Å². The second-order valence-electron chi connectivity index (χ2n) is 4.78. The normalized spacial score (nSPS) is 10.5. The van der Waals surface area contributed by atoms with Crippen LogP contribution >= 0.6 is 23.1 Å². The number of carbonyl (C=O) groups excluding carboxylic acids is 2. The van der Waals surface area contributed by atoms with Crippen molar-refractivity contribution in [2.24, 2.45) is 0 Å². The van der Waals surface area contributed by atoms with Crippen molar-refractivity contribution in [3.63, 3.8) is 0 Å². The van der Waals surface area contributed by atoms with E-state index in [0.717, 1.165) is 10.4 Å². The number of ether oxygens (including phenoxy) is 1. The van der Waals surface area contributed by atoms with E-state index in [1.807, 2.05) is 13.8 Å². The molecule has 24 heavy (non-hydrogen) atoms. The summed E-state index contributed by atoms with van der Waals surface area (Å²) in [6, 6.07) is 1.72. The first-order valence-electron chi connectivity index (χ1n) is 7.55. The Labute approximate surface area is 149 Å². The van der Waals surface area contributed by atoms with Crippen LogP contribution in [0.5, 0.6) is 0 Å². The molecule has 0 bridgehead atoms. The average Bonchev–Trinajstić information content (AvgIpc) is 2.89. The lowest BCUT2D eigenvalue weighted by Gasteiger charge is -2.07. The van der Waals surface area contributed by atoms with Crippen LogP contribution in [0.2, 0.25) is 0 Å². The smallest absolute Gasteiger partial charge is 0.341 e. The van der Waals surface area contributed by atoms with Gasteiger partial charge in [0, 0.05) is 17.3 Å². The number of hydrogen-bond acceptors (Lipinski definition) is 7. The number of aryl methyl sites for hydroxylation is 1. The molecule has 2 aromatic heterocycles. The van der Waals surface area contributed by atoms with Gasteiger partial charge in [0.05, 0.1) is 17.9 Å². The summed E-state index contributed by atoms with van der Waals surface area (Å²) in [5.74, 6) is -0.431. The Morgan fingerprint density at radius 2 is 2.00 bits per heavy atom. The molecule has 128 valence electrons. The number of hydrogen-bond donors (Lipinski definition) is 1. The van der Waals surface area contributed by atoms with Crippen LogP contribution in [0.3, 0.4) is 0 Å². The molecule has 0 fully saturated rings. The first kappa shape index (κ1) is 18.4. The minimum atomic E-state index is -0.395. The maximum Gasteiger partial charge on any atom is 0.341 e. The Kier molecular flexibility index (Phi) is 6.74. The number of rotatable bonds is 7. The maximum absolute atomic E-state index is 12.2. The third kappa shape index (κ3) is 4.55. The van der Waals surface area contributed by atoms with Crippen LogP contribution in [0.25, 0.3) is 0 Å². The zero-order valence-corrected chi connectivity index (χ0v) is 15.4. The van der Waals surface area contributed by atoms with E-state index in [2.05, 4.69) is 15.3 Å². The summed E-state index contributed by atoms with van der Waals surface area (Å²) in [6.07, 6.45) is 3.96. The Morgan fingerprint density at radius 3 is 2.62 bits per heavy atom. The van der Waals surface area contributed by atoms with E-state index in [4.69, 9.17) is 4.74 Å². The summed E-state index contributed by atoms with van der Waals surface area (Å²) in [6.45, 7) is 5.98. The van der Waals surface area contributed by atoms with Gasteiger partial charge in [-0.05, 0) is 31.9 Å².